The van der Waals surface area contributed by atoms with Crippen molar-refractivity contribution in [2.24, 2.45) is 11.8 Å². The maximum absolute atomic E-state index is 3.80. The molecule has 0 aromatic rings. The second kappa shape index (κ2) is 4.71. The van der Waals surface area contributed by atoms with Crippen molar-refractivity contribution < 1.29 is 0 Å². The van der Waals surface area contributed by atoms with Gasteiger partial charge in [-0.15, -0.1) is 0 Å². The van der Waals surface area contributed by atoms with Gasteiger partial charge in [-0.3, -0.25) is 0 Å². The lowest BCUT2D eigenvalue weighted by molar-refractivity contribution is 0.152. The van der Waals surface area contributed by atoms with Crippen LogP contribution in [0.2, 0.25) is 0 Å². The molecular weight excluding hydrogens is 190 g/mol. The van der Waals surface area contributed by atoms with Gasteiger partial charge in [-0.1, -0.05) is 19.1 Å². The lowest BCUT2D eigenvalue weighted by Crippen LogP contribution is -2.52. The average Bonchev–Trinajstić information content (AvgIpc) is 2.54. The van der Waals surface area contributed by atoms with E-state index in [0.29, 0.717) is 0 Å². The van der Waals surface area contributed by atoms with Crippen molar-refractivity contribution in [1.29, 1.82) is 0 Å². The molecule has 80 valence electrons. The Hall–Kier alpha value is 0.0500. The molecule has 14 heavy (non-hydrogen) atoms. The fourth-order valence-corrected chi connectivity index (χ4v) is 3.43. The molecule has 0 aromatic carbocycles. The lowest BCUT2D eigenvalue weighted by atomic mass is 9.71. The molecule has 4 unspecified atom stereocenters. The maximum Gasteiger partial charge on any atom is 0.0158 e. The molecule has 0 aromatic heterocycles. The molecule has 2 heteroatoms. The molecule has 1 fully saturated rings. The Morgan fingerprint density at radius 1 is 1.57 bits per heavy atom. The smallest absolute Gasteiger partial charge is 0.0158 e. The predicted molar refractivity (Wildman–Crippen MR) is 64.7 cm³/mol. The van der Waals surface area contributed by atoms with Crippen LogP contribution in [0.15, 0.2) is 12.2 Å². The minimum absolute atomic E-state index is 0.727. The lowest BCUT2D eigenvalue weighted by Gasteiger charge is -2.42. The molecule has 0 radical (unpaired) electrons. The standard InChI is InChI=1S/C12H21NS/c1-3-10(8-14-2)13-12-7-9-5-4-6-11(9)12/h4,6,9-13H,3,5,7-8H2,1-2H3. The molecule has 0 bridgehead atoms. The summed E-state index contributed by atoms with van der Waals surface area (Å²) in [5, 5.41) is 3.80. The van der Waals surface area contributed by atoms with E-state index in [1.807, 2.05) is 11.8 Å². The van der Waals surface area contributed by atoms with Crippen molar-refractivity contribution in [2.75, 3.05) is 12.0 Å². The van der Waals surface area contributed by atoms with E-state index in [9.17, 15) is 0 Å². The third kappa shape index (κ3) is 2.01. The number of fused-ring (bicyclic) bond motifs is 1. The van der Waals surface area contributed by atoms with Crippen LogP contribution >= 0.6 is 11.8 Å². The van der Waals surface area contributed by atoms with Crippen LogP contribution in [0.4, 0.5) is 0 Å². The molecule has 1 N–H and O–H groups in total. The highest BCUT2D eigenvalue weighted by Gasteiger charge is 2.41. The van der Waals surface area contributed by atoms with E-state index in [-0.39, 0.29) is 0 Å². The van der Waals surface area contributed by atoms with Gasteiger partial charge in [0.2, 0.25) is 0 Å². The van der Waals surface area contributed by atoms with E-state index in [4.69, 9.17) is 0 Å². The molecule has 2 aliphatic rings. The summed E-state index contributed by atoms with van der Waals surface area (Å²) in [6.45, 7) is 2.29. The zero-order chi connectivity index (χ0) is 9.97. The van der Waals surface area contributed by atoms with Crippen LogP contribution < -0.4 is 5.32 Å². The second-order valence-electron chi connectivity index (χ2n) is 4.57. The van der Waals surface area contributed by atoms with E-state index in [1.165, 1.54) is 25.0 Å². The van der Waals surface area contributed by atoms with Gasteiger partial charge in [-0.25, -0.2) is 0 Å². The molecule has 0 amide bonds. The van der Waals surface area contributed by atoms with Gasteiger partial charge in [0.1, 0.15) is 0 Å². The summed E-state index contributed by atoms with van der Waals surface area (Å²) in [6.07, 6.45) is 11.0. The zero-order valence-corrected chi connectivity index (χ0v) is 10.0. The highest BCUT2D eigenvalue weighted by Crippen LogP contribution is 2.42. The normalized spacial score (nSPS) is 36.6. The van der Waals surface area contributed by atoms with Gasteiger partial charge < -0.3 is 5.32 Å². The van der Waals surface area contributed by atoms with Crippen LogP contribution in [0.1, 0.15) is 26.2 Å². The minimum Gasteiger partial charge on any atom is -0.310 e. The first-order valence-electron chi connectivity index (χ1n) is 5.76. The van der Waals surface area contributed by atoms with Crippen molar-refractivity contribution in [1.82, 2.24) is 5.32 Å². The highest BCUT2D eigenvalue weighted by molar-refractivity contribution is 7.98. The van der Waals surface area contributed by atoms with Crippen LogP contribution in [0, 0.1) is 11.8 Å². The summed E-state index contributed by atoms with van der Waals surface area (Å²) < 4.78 is 0. The Morgan fingerprint density at radius 2 is 2.43 bits per heavy atom. The van der Waals surface area contributed by atoms with Crippen LogP contribution in [0.5, 0.6) is 0 Å². The summed E-state index contributed by atoms with van der Waals surface area (Å²) in [5.41, 5.74) is 0. The van der Waals surface area contributed by atoms with E-state index >= 15 is 0 Å². The number of thioether (sulfide) groups is 1. The molecule has 2 rings (SSSR count). The highest BCUT2D eigenvalue weighted by atomic mass is 32.2. The predicted octanol–water partition coefficient (Wildman–Crippen LogP) is 2.68. The average molecular weight is 211 g/mol. The van der Waals surface area contributed by atoms with Gasteiger partial charge >= 0.3 is 0 Å². The number of nitrogens with one attached hydrogen (secondary N) is 1. The maximum atomic E-state index is 3.80. The van der Waals surface area contributed by atoms with Crippen LogP contribution in [0.3, 0.4) is 0 Å². The number of rotatable bonds is 5. The Balaban J connectivity index is 1.77. The molecule has 0 saturated heterocycles. The van der Waals surface area contributed by atoms with E-state index in [0.717, 1.165) is 23.9 Å². The second-order valence-corrected chi connectivity index (χ2v) is 5.48. The SMILES string of the molecule is CCC(CSC)NC1CC2CC=CC21. The largest absolute Gasteiger partial charge is 0.310 e. The Labute approximate surface area is 91.7 Å². The van der Waals surface area contributed by atoms with Crippen LogP contribution in [-0.2, 0) is 0 Å². The first-order chi connectivity index (χ1) is 6.85. The van der Waals surface area contributed by atoms with Crippen molar-refractivity contribution in [3.05, 3.63) is 12.2 Å². The topological polar surface area (TPSA) is 12.0 Å². The number of hydrogen-bond donors (Lipinski definition) is 1. The summed E-state index contributed by atoms with van der Waals surface area (Å²) in [4.78, 5) is 0. The van der Waals surface area contributed by atoms with Gasteiger partial charge in [0, 0.05) is 17.8 Å². The van der Waals surface area contributed by atoms with Crippen molar-refractivity contribution in [2.45, 2.75) is 38.3 Å². The Morgan fingerprint density at radius 3 is 3.07 bits per heavy atom. The number of hydrogen-bond acceptors (Lipinski definition) is 2. The molecule has 0 spiro atoms. The molecular formula is C12H21NS. The Bertz CT molecular complexity index is 214. The molecule has 2 aliphatic carbocycles. The number of allylic oxidation sites excluding steroid dienone is 1. The quantitative estimate of drug-likeness (QED) is 0.702. The third-order valence-corrected chi connectivity index (χ3v) is 4.41. The third-order valence-electron chi connectivity index (χ3n) is 3.67. The van der Waals surface area contributed by atoms with Gasteiger partial charge in [-0.05, 0) is 37.4 Å². The molecule has 1 saturated carbocycles. The van der Waals surface area contributed by atoms with E-state index < -0.39 is 0 Å². The summed E-state index contributed by atoms with van der Waals surface area (Å²) in [7, 11) is 0. The summed E-state index contributed by atoms with van der Waals surface area (Å²) in [5.74, 6) is 3.11. The first-order valence-corrected chi connectivity index (χ1v) is 7.16. The van der Waals surface area contributed by atoms with Crippen molar-refractivity contribution in [3.8, 4) is 0 Å². The monoisotopic (exact) mass is 211 g/mol. The molecule has 0 heterocycles. The fraction of sp³-hybridized carbons (Fsp3) is 0.833. The van der Waals surface area contributed by atoms with Crippen molar-refractivity contribution >= 4 is 11.8 Å². The van der Waals surface area contributed by atoms with Gasteiger partial charge in [0.05, 0.1) is 0 Å². The summed E-state index contributed by atoms with van der Waals surface area (Å²) >= 11 is 1.96. The molecule has 0 aliphatic heterocycles. The fourth-order valence-electron chi connectivity index (χ4n) is 2.70. The molecule has 4 atom stereocenters. The van der Waals surface area contributed by atoms with Crippen LogP contribution in [-0.4, -0.2) is 24.1 Å². The van der Waals surface area contributed by atoms with E-state index in [1.54, 1.807) is 0 Å². The van der Waals surface area contributed by atoms with Gasteiger partial charge in [0.15, 0.2) is 0 Å². The summed E-state index contributed by atoms with van der Waals surface area (Å²) in [6, 6.07) is 1.51. The van der Waals surface area contributed by atoms with Crippen molar-refractivity contribution in [3.63, 3.8) is 0 Å². The molecule has 1 nitrogen and oxygen atoms in total. The Kier molecular flexibility index (Phi) is 3.56. The first kappa shape index (κ1) is 10.6. The van der Waals surface area contributed by atoms with Gasteiger partial charge in [-0.2, -0.15) is 11.8 Å². The minimum atomic E-state index is 0.727. The zero-order valence-electron chi connectivity index (χ0n) is 9.20. The van der Waals surface area contributed by atoms with Crippen LogP contribution in [0.25, 0.3) is 0 Å². The van der Waals surface area contributed by atoms with Gasteiger partial charge in [0.25, 0.3) is 0 Å². The van der Waals surface area contributed by atoms with E-state index in [2.05, 4.69) is 30.6 Å².